The molecule has 3 aromatic rings. The standard InChI is InChI=1S/C31H34F4O2/c1-3-4-5-18-36-27-17-12-23(28(32)31(27)35)19-37-24-13-10-22(11-14-24)26-16-15-25(29(33)30(26)34)21-8-6-20(2)7-9-21/h6-9,12,15-17,22,24H,3-5,10-11,13-14,18-19H2,1-2H3. The van der Waals surface area contributed by atoms with Crippen molar-refractivity contribution in [2.75, 3.05) is 6.61 Å². The summed E-state index contributed by atoms with van der Waals surface area (Å²) in [7, 11) is 0. The second-order valence-corrected chi connectivity index (χ2v) is 9.89. The minimum absolute atomic E-state index is 0.0531. The predicted octanol–water partition coefficient (Wildman–Crippen LogP) is 9.03. The Morgan fingerprint density at radius 1 is 0.757 bits per heavy atom. The molecule has 1 aliphatic rings. The van der Waals surface area contributed by atoms with E-state index in [4.69, 9.17) is 9.47 Å². The summed E-state index contributed by atoms with van der Waals surface area (Å²) < 4.78 is 70.1. The van der Waals surface area contributed by atoms with Crippen LogP contribution in [0.15, 0.2) is 48.5 Å². The van der Waals surface area contributed by atoms with Crippen LogP contribution >= 0.6 is 0 Å². The lowest BCUT2D eigenvalue weighted by Crippen LogP contribution is -2.21. The average Bonchev–Trinajstić information content (AvgIpc) is 2.91. The average molecular weight is 515 g/mol. The van der Waals surface area contributed by atoms with Crippen molar-refractivity contribution in [3.05, 3.63) is 88.5 Å². The largest absolute Gasteiger partial charge is 0.490 e. The lowest BCUT2D eigenvalue weighted by molar-refractivity contribution is 0.0116. The first kappa shape index (κ1) is 27.2. The molecular weight excluding hydrogens is 480 g/mol. The Balaban J connectivity index is 1.32. The van der Waals surface area contributed by atoms with Gasteiger partial charge in [0.25, 0.3) is 0 Å². The SMILES string of the molecule is CCCCCOc1ccc(COC2CCC(c3ccc(-c4ccc(C)cc4)c(F)c3F)CC2)c(F)c1F. The molecule has 1 fully saturated rings. The molecule has 37 heavy (non-hydrogen) atoms. The number of ether oxygens (including phenoxy) is 2. The van der Waals surface area contributed by atoms with E-state index < -0.39 is 23.3 Å². The van der Waals surface area contributed by atoms with E-state index in [9.17, 15) is 13.2 Å². The summed E-state index contributed by atoms with van der Waals surface area (Å²) in [5.41, 5.74) is 2.47. The first-order valence-electron chi connectivity index (χ1n) is 13.1. The van der Waals surface area contributed by atoms with Crippen LogP contribution in [0.25, 0.3) is 11.1 Å². The van der Waals surface area contributed by atoms with Crippen molar-refractivity contribution in [3.8, 4) is 16.9 Å². The highest BCUT2D eigenvalue weighted by Crippen LogP contribution is 2.38. The maximum atomic E-state index is 15.0. The smallest absolute Gasteiger partial charge is 0.200 e. The molecule has 1 saturated carbocycles. The molecule has 0 saturated heterocycles. The molecule has 0 aliphatic heterocycles. The molecule has 2 nitrogen and oxygen atoms in total. The Labute approximate surface area is 216 Å². The van der Waals surface area contributed by atoms with Crippen LogP contribution in [0.3, 0.4) is 0 Å². The minimum atomic E-state index is -0.993. The second-order valence-electron chi connectivity index (χ2n) is 9.89. The summed E-state index contributed by atoms with van der Waals surface area (Å²) in [5.74, 6) is -3.76. The maximum absolute atomic E-state index is 15.0. The zero-order valence-electron chi connectivity index (χ0n) is 21.5. The third-order valence-electron chi connectivity index (χ3n) is 7.20. The van der Waals surface area contributed by atoms with Gasteiger partial charge in [-0.15, -0.1) is 0 Å². The van der Waals surface area contributed by atoms with Gasteiger partial charge < -0.3 is 9.47 Å². The van der Waals surface area contributed by atoms with Gasteiger partial charge in [0.15, 0.2) is 23.2 Å². The van der Waals surface area contributed by atoms with Gasteiger partial charge in [-0.25, -0.2) is 13.2 Å². The zero-order chi connectivity index (χ0) is 26.4. The monoisotopic (exact) mass is 514 g/mol. The summed E-state index contributed by atoms with van der Waals surface area (Å²) in [6.07, 6.45) is 5.16. The first-order valence-corrected chi connectivity index (χ1v) is 13.1. The van der Waals surface area contributed by atoms with Crippen molar-refractivity contribution in [1.29, 1.82) is 0 Å². The number of hydrogen-bond donors (Lipinski definition) is 0. The zero-order valence-corrected chi connectivity index (χ0v) is 21.5. The van der Waals surface area contributed by atoms with Crippen LogP contribution in [0.5, 0.6) is 5.75 Å². The molecule has 0 heterocycles. The Bertz CT molecular complexity index is 1180. The van der Waals surface area contributed by atoms with Crippen LogP contribution in [0, 0.1) is 30.2 Å². The quantitative estimate of drug-likeness (QED) is 0.198. The van der Waals surface area contributed by atoms with Gasteiger partial charge in [-0.05, 0) is 68.2 Å². The van der Waals surface area contributed by atoms with Gasteiger partial charge in [0, 0.05) is 11.1 Å². The maximum Gasteiger partial charge on any atom is 0.200 e. The number of halogens is 4. The Hall–Kier alpha value is -2.86. The summed E-state index contributed by atoms with van der Waals surface area (Å²) in [5, 5.41) is 0. The van der Waals surface area contributed by atoms with E-state index >= 15 is 4.39 Å². The lowest BCUT2D eigenvalue weighted by atomic mass is 9.82. The van der Waals surface area contributed by atoms with Crippen LogP contribution in [0.1, 0.15) is 74.5 Å². The van der Waals surface area contributed by atoms with E-state index in [1.807, 2.05) is 19.1 Å². The number of unbranched alkanes of at least 4 members (excludes halogenated alkanes) is 2. The Morgan fingerprint density at radius 3 is 2.19 bits per heavy atom. The van der Waals surface area contributed by atoms with Crippen LogP contribution in [0.2, 0.25) is 0 Å². The minimum Gasteiger partial charge on any atom is -0.490 e. The third-order valence-corrected chi connectivity index (χ3v) is 7.20. The van der Waals surface area contributed by atoms with Crippen molar-refractivity contribution in [3.63, 3.8) is 0 Å². The normalized spacial score (nSPS) is 17.7. The van der Waals surface area contributed by atoms with Crippen molar-refractivity contribution in [2.24, 2.45) is 0 Å². The molecule has 0 radical (unpaired) electrons. The molecule has 0 bridgehead atoms. The molecule has 4 rings (SSSR count). The third kappa shape index (κ3) is 6.53. The topological polar surface area (TPSA) is 18.5 Å². The van der Waals surface area contributed by atoms with Crippen molar-refractivity contribution >= 4 is 0 Å². The molecule has 0 amide bonds. The van der Waals surface area contributed by atoms with Gasteiger partial charge >= 0.3 is 0 Å². The highest BCUT2D eigenvalue weighted by molar-refractivity contribution is 5.65. The van der Waals surface area contributed by atoms with Gasteiger partial charge in [-0.1, -0.05) is 61.7 Å². The van der Waals surface area contributed by atoms with Crippen LogP contribution in [0.4, 0.5) is 17.6 Å². The molecule has 1 aliphatic carbocycles. The van der Waals surface area contributed by atoms with E-state index in [0.29, 0.717) is 43.4 Å². The predicted molar refractivity (Wildman–Crippen MR) is 138 cm³/mol. The fourth-order valence-corrected chi connectivity index (χ4v) is 4.91. The molecular formula is C31H34F4O2. The number of rotatable bonds is 10. The molecule has 3 aromatic carbocycles. The van der Waals surface area contributed by atoms with Crippen LogP contribution in [-0.2, 0) is 11.3 Å². The van der Waals surface area contributed by atoms with E-state index in [1.165, 1.54) is 12.1 Å². The fourth-order valence-electron chi connectivity index (χ4n) is 4.91. The molecule has 0 atom stereocenters. The molecule has 0 spiro atoms. The summed E-state index contributed by atoms with van der Waals surface area (Å²) in [6.45, 7) is 4.30. The fraction of sp³-hybridized carbons (Fsp3) is 0.419. The van der Waals surface area contributed by atoms with E-state index in [0.717, 1.165) is 24.8 Å². The van der Waals surface area contributed by atoms with Gasteiger partial charge in [-0.3, -0.25) is 0 Å². The molecule has 0 aromatic heterocycles. The summed E-state index contributed by atoms with van der Waals surface area (Å²) >= 11 is 0. The number of benzene rings is 3. The van der Waals surface area contributed by atoms with E-state index in [-0.39, 0.29) is 35.5 Å². The molecule has 6 heteroatoms. The van der Waals surface area contributed by atoms with Crippen LogP contribution in [-0.4, -0.2) is 12.7 Å². The van der Waals surface area contributed by atoms with Gasteiger partial charge in [0.05, 0.1) is 19.3 Å². The van der Waals surface area contributed by atoms with E-state index in [2.05, 4.69) is 6.92 Å². The van der Waals surface area contributed by atoms with Crippen molar-refractivity contribution in [1.82, 2.24) is 0 Å². The highest BCUT2D eigenvalue weighted by atomic mass is 19.2. The lowest BCUT2D eigenvalue weighted by Gasteiger charge is -2.29. The van der Waals surface area contributed by atoms with Gasteiger partial charge in [0.1, 0.15) is 0 Å². The highest BCUT2D eigenvalue weighted by Gasteiger charge is 2.27. The Kier molecular flexibility index (Phi) is 9.25. The summed E-state index contributed by atoms with van der Waals surface area (Å²) in [6, 6.07) is 13.6. The van der Waals surface area contributed by atoms with Crippen molar-refractivity contribution in [2.45, 2.75) is 77.4 Å². The van der Waals surface area contributed by atoms with Crippen LogP contribution < -0.4 is 4.74 Å². The first-order chi connectivity index (χ1) is 17.9. The summed E-state index contributed by atoms with van der Waals surface area (Å²) in [4.78, 5) is 0. The van der Waals surface area contributed by atoms with E-state index in [1.54, 1.807) is 24.3 Å². The van der Waals surface area contributed by atoms with Crippen molar-refractivity contribution < 1.29 is 27.0 Å². The molecule has 0 unspecified atom stereocenters. The second kappa shape index (κ2) is 12.6. The Morgan fingerprint density at radius 2 is 1.49 bits per heavy atom. The number of hydrogen-bond acceptors (Lipinski definition) is 2. The van der Waals surface area contributed by atoms with Gasteiger partial charge in [0.2, 0.25) is 5.82 Å². The number of aryl methyl sites for hydroxylation is 1. The van der Waals surface area contributed by atoms with Gasteiger partial charge in [-0.2, -0.15) is 4.39 Å². The molecule has 0 N–H and O–H groups in total. The molecule has 198 valence electrons.